The molecule has 1 aliphatic rings. The Balaban J connectivity index is 1.75. The number of nitrogens with zero attached hydrogens (tertiary/aromatic N) is 1. The van der Waals surface area contributed by atoms with E-state index in [0.717, 1.165) is 0 Å². The van der Waals surface area contributed by atoms with E-state index < -0.39 is 0 Å². The molecule has 110 valence electrons. The minimum absolute atomic E-state index is 0.105. The molecule has 1 atom stereocenters. The Morgan fingerprint density at radius 2 is 2.35 bits per heavy atom. The second-order valence-corrected chi connectivity index (χ2v) is 4.48. The summed E-state index contributed by atoms with van der Waals surface area (Å²) in [6, 6.07) is 2.89. The van der Waals surface area contributed by atoms with Gasteiger partial charge in [0.15, 0.2) is 5.76 Å². The number of ether oxygens (including phenoxy) is 1. The first kappa shape index (κ1) is 14.5. The smallest absolute Gasteiger partial charge is 0.286 e. The van der Waals surface area contributed by atoms with Crippen molar-refractivity contribution in [2.24, 2.45) is 0 Å². The van der Waals surface area contributed by atoms with Crippen LogP contribution >= 0.6 is 0 Å². The van der Waals surface area contributed by atoms with Crippen LogP contribution in [-0.4, -0.2) is 60.8 Å². The summed E-state index contributed by atoms with van der Waals surface area (Å²) in [5.74, 6) is -0.229. The predicted octanol–water partition coefficient (Wildman–Crippen LogP) is -0.381. The normalized spacial score (nSPS) is 18.9. The maximum atomic E-state index is 12.0. The van der Waals surface area contributed by atoms with Crippen molar-refractivity contribution in [3.8, 4) is 0 Å². The van der Waals surface area contributed by atoms with Crippen LogP contribution in [0.3, 0.4) is 0 Å². The molecule has 2 amide bonds. The lowest BCUT2D eigenvalue weighted by atomic mass is 10.2. The number of hydrogen-bond donors (Lipinski definition) is 2. The van der Waals surface area contributed by atoms with E-state index in [-0.39, 0.29) is 43.2 Å². The molecule has 0 radical (unpaired) electrons. The number of furan rings is 1. The molecule has 7 nitrogen and oxygen atoms in total. The third kappa shape index (κ3) is 3.58. The maximum Gasteiger partial charge on any atom is 0.286 e. The van der Waals surface area contributed by atoms with Crippen LogP contribution in [0.2, 0.25) is 0 Å². The van der Waals surface area contributed by atoms with E-state index >= 15 is 0 Å². The number of amides is 2. The monoisotopic (exact) mass is 282 g/mol. The Kier molecular flexibility index (Phi) is 5.14. The van der Waals surface area contributed by atoms with E-state index in [0.29, 0.717) is 19.8 Å². The number of rotatable bonds is 5. The number of morpholine rings is 1. The van der Waals surface area contributed by atoms with Gasteiger partial charge in [-0.25, -0.2) is 0 Å². The fraction of sp³-hybridized carbons (Fsp3) is 0.538. The van der Waals surface area contributed by atoms with E-state index in [2.05, 4.69) is 5.32 Å². The molecular weight excluding hydrogens is 264 g/mol. The number of carbonyl (C=O) groups excluding carboxylic acids is 2. The zero-order valence-corrected chi connectivity index (χ0v) is 11.1. The molecule has 0 aromatic carbocycles. The number of carbonyl (C=O) groups is 2. The highest BCUT2D eigenvalue weighted by Gasteiger charge is 2.26. The van der Waals surface area contributed by atoms with Crippen molar-refractivity contribution in [2.75, 3.05) is 32.9 Å². The fourth-order valence-electron chi connectivity index (χ4n) is 2.06. The van der Waals surface area contributed by atoms with Crippen LogP contribution in [-0.2, 0) is 9.53 Å². The first-order valence-electron chi connectivity index (χ1n) is 6.52. The second-order valence-electron chi connectivity index (χ2n) is 4.48. The summed E-state index contributed by atoms with van der Waals surface area (Å²) in [5.41, 5.74) is 0. The fourth-order valence-corrected chi connectivity index (χ4v) is 2.06. The van der Waals surface area contributed by atoms with Crippen LogP contribution in [0.25, 0.3) is 0 Å². The van der Waals surface area contributed by atoms with Gasteiger partial charge in [-0.1, -0.05) is 0 Å². The van der Waals surface area contributed by atoms with Crippen LogP contribution in [0.4, 0.5) is 0 Å². The first-order valence-corrected chi connectivity index (χ1v) is 6.52. The molecule has 0 spiro atoms. The topological polar surface area (TPSA) is 92.0 Å². The molecule has 1 unspecified atom stereocenters. The van der Waals surface area contributed by atoms with E-state index in [1.54, 1.807) is 17.0 Å². The Bertz CT molecular complexity index is 446. The number of aliphatic hydroxyl groups excluding tert-OH is 1. The van der Waals surface area contributed by atoms with Crippen molar-refractivity contribution >= 4 is 11.8 Å². The Morgan fingerprint density at radius 3 is 3.05 bits per heavy atom. The van der Waals surface area contributed by atoms with Gasteiger partial charge in [-0.2, -0.15) is 0 Å². The molecule has 2 N–H and O–H groups in total. The van der Waals surface area contributed by atoms with Gasteiger partial charge in [-0.05, 0) is 12.1 Å². The minimum Gasteiger partial charge on any atom is -0.459 e. The molecule has 1 aliphatic heterocycles. The Hall–Kier alpha value is -1.86. The maximum absolute atomic E-state index is 12.0. The van der Waals surface area contributed by atoms with Gasteiger partial charge in [-0.3, -0.25) is 9.59 Å². The van der Waals surface area contributed by atoms with E-state index in [1.807, 2.05) is 0 Å². The predicted molar refractivity (Wildman–Crippen MR) is 69.1 cm³/mol. The SMILES string of the molecule is O=C(NCCC(=O)N1CCOCC1CO)c1ccco1. The standard InChI is InChI=1S/C13H18N2O5/c16-8-10-9-19-7-5-15(10)12(17)3-4-14-13(18)11-2-1-6-20-11/h1-2,6,10,16H,3-5,7-9H2,(H,14,18). The summed E-state index contributed by atoms with van der Waals surface area (Å²) < 4.78 is 10.2. The lowest BCUT2D eigenvalue weighted by Gasteiger charge is -2.34. The van der Waals surface area contributed by atoms with Crippen LogP contribution in [0.1, 0.15) is 17.0 Å². The summed E-state index contributed by atoms with van der Waals surface area (Å²) in [6.45, 7) is 1.40. The van der Waals surface area contributed by atoms with Crippen molar-refractivity contribution in [1.82, 2.24) is 10.2 Å². The first-order chi connectivity index (χ1) is 9.72. The molecule has 7 heteroatoms. The van der Waals surface area contributed by atoms with Crippen LogP contribution in [0, 0.1) is 0 Å². The summed E-state index contributed by atoms with van der Waals surface area (Å²) in [5, 5.41) is 11.8. The van der Waals surface area contributed by atoms with Gasteiger partial charge in [0, 0.05) is 19.5 Å². The largest absolute Gasteiger partial charge is 0.459 e. The average molecular weight is 282 g/mol. The highest BCUT2D eigenvalue weighted by Crippen LogP contribution is 2.08. The number of nitrogens with one attached hydrogen (secondary N) is 1. The molecule has 1 saturated heterocycles. The zero-order valence-electron chi connectivity index (χ0n) is 11.1. The van der Waals surface area contributed by atoms with Crippen molar-refractivity contribution in [2.45, 2.75) is 12.5 Å². The van der Waals surface area contributed by atoms with Gasteiger partial charge in [0.2, 0.25) is 5.91 Å². The summed E-state index contributed by atoms with van der Waals surface area (Å²) in [6.07, 6.45) is 1.60. The molecule has 1 aromatic rings. The molecule has 0 aliphatic carbocycles. The highest BCUT2D eigenvalue weighted by molar-refractivity contribution is 5.91. The van der Waals surface area contributed by atoms with E-state index in [4.69, 9.17) is 9.15 Å². The van der Waals surface area contributed by atoms with Crippen LogP contribution in [0.5, 0.6) is 0 Å². The van der Waals surface area contributed by atoms with Gasteiger partial charge in [0.25, 0.3) is 5.91 Å². The second kappa shape index (κ2) is 7.06. The molecule has 1 fully saturated rings. The third-order valence-electron chi connectivity index (χ3n) is 3.13. The summed E-state index contributed by atoms with van der Waals surface area (Å²) >= 11 is 0. The third-order valence-corrected chi connectivity index (χ3v) is 3.13. The quantitative estimate of drug-likeness (QED) is 0.768. The van der Waals surface area contributed by atoms with Gasteiger partial charge >= 0.3 is 0 Å². The molecule has 1 aromatic heterocycles. The van der Waals surface area contributed by atoms with Crippen molar-refractivity contribution in [1.29, 1.82) is 0 Å². The average Bonchev–Trinajstić information content (AvgIpc) is 3.01. The molecule has 2 heterocycles. The van der Waals surface area contributed by atoms with E-state index in [1.165, 1.54) is 6.26 Å². The van der Waals surface area contributed by atoms with Crippen LogP contribution in [0.15, 0.2) is 22.8 Å². The molecule has 0 bridgehead atoms. The Labute approximate surface area is 116 Å². The zero-order chi connectivity index (χ0) is 14.4. The minimum atomic E-state index is -0.344. The van der Waals surface area contributed by atoms with Gasteiger partial charge in [-0.15, -0.1) is 0 Å². The van der Waals surface area contributed by atoms with Gasteiger partial charge in [0.05, 0.1) is 32.1 Å². The highest BCUT2D eigenvalue weighted by atomic mass is 16.5. The van der Waals surface area contributed by atoms with Crippen molar-refractivity contribution in [3.63, 3.8) is 0 Å². The number of hydrogen-bond acceptors (Lipinski definition) is 5. The van der Waals surface area contributed by atoms with Crippen molar-refractivity contribution < 1.29 is 23.8 Å². The number of aliphatic hydroxyl groups is 1. The van der Waals surface area contributed by atoms with Crippen LogP contribution < -0.4 is 5.32 Å². The molecular formula is C13H18N2O5. The summed E-state index contributed by atoms with van der Waals surface area (Å²) in [4.78, 5) is 25.2. The lowest BCUT2D eigenvalue weighted by molar-refractivity contribution is -0.141. The molecule has 20 heavy (non-hydrogen) atoms. The lowest BCUT2D eigenvalue weighted by Crippen LogP contribution is -2.51. The molecule has 0 saturated carbocycles. The van der Waals surface area contributed by atoms with E-state index in [9.17, 15) is 14.7 Å². The molecule has 2 rings (SSSR count). The van der Waals surface area contributed by atoms with Gasteiger partial charge < -0.3 is 24.5 Å². The summed E-state index contributed by atoms with van der Waals surface area (Å²) in [7, 11) is 0. The van der Waals surface area contributed by atoms with Gasteiger partial charge in [0.1, 0.15) is 0 Å². The van der Waals surface area contributed by atoms with Crippen molar-refractivity contribution in [3.05, 3.63) is 24.2 Å². The Morgan fingerprint density at radius 1 is 1.50 bits per heavy atom.